The minimum atomic E-state index is -0.475. The van der Waals surface area contributed by atoms with Crippen LogP contribution >= 0.6 is 0 Å². The van der Waals surface area contributed by atoms with Gasteiger partial charge in [-0.3, -0.25) is 4.79 Å². The zero-order valence-electron chi connectivity index (χ0n) is 18.0. The lowest BCUT2D eigenvalue weighted by Crippen LogP contribution is -2.41. The lowest BCUT2D eigenvalue weighted by molar-refractivity contribution is -0.143. The molecule has 1 heterocycles. The van der Waals surface area contributed by atoms with E-state index in [1.165, 1.54) is 12.8 Å². The molecule has 1 rings (SSSR count). The number of carbonyl (C=O) groups excluding carboxylic acids is 2. The van der Waals surface area contributed by atoms with Gasteiger partial charge in [-0.2, -0.15) is 0 Å². The summed E-state index contributed by atoms with van der Waals surface area (Å²) in [6.07, 6.45) is 23.5. The van der Waals surface area contributed by atoms with Gasteiger partial charge in [0.2, 0.25) is 5.91 Å². The molecule has 1 aliphatic heterocycles. The molecule has 158 valence electrons. The second kappa shape index (κ2) is 15.1. The molecule has 0 unspecified atom stereocenters. The summed E-state index contributed by atoms with van der Waals surface area (Å²) < 4.78 is 5.15. The van der Waals surface area contributed by atoms with Crippen LogP contribution in [0.25, 0.3) is 0 Å². The number of esters is 1. The Kier molecular flexibility index (Phi) is 13.1. The van der Waals surface area contributed by atoms with Crippen molar-refractivity contribution in [2.24, 2.45) is 5.92 Å². The summed E-state index contributed by atoms with van der Waals surface area (Å²) in [4.78, 5) is 23.7. The molecule has 0 bridgehead atoms. The van der Waals surface area contributed by atoms with Crippen LogP contribution in [0, 0.1) is 5.92 Å². The molecule has 4 nitrogen and oxygen atoms in total. The molecule has 0 aromatic carbocycles. The molecule has 1 aliphatic rings. The van der Waals surface area contributed by atoms with Crippen molar-refractivity contribution in [1.82, 2.24) is 5.32 Å². The molecule has 0 radical (unpaired) electrons. The van der Waals surface area contributed by atoms with Crippen molar-refractivity contribution in [3.8, 4) is 0 Å². The average molecular weight is 390 g/mol. The topological polar surface area (TPSA) is 55.4 Å². The Bertz CT molecular complexity index is 536. The lowest BCUT2D eigenvalue weighted by atomic mass is 10.00. The highest BCUT2D eigenvalue weighted by atomic mass is 16.6. The minimum Gasteiger partial charge on any atom is -0.461 e. The number of allylic oxidation sites excluding steroid dienone is 6. The van der Waals surface area contributed by atoms with Crippen molar-refractivity contribution in [3.63, 3.8) is 0 Å². The molecule has 0 aromatic heterocycles. The molecule has 3 atom stereocenters. The normalized spacial score (nSPS) is 22.5. The maximum atomic E-state index is 12.0. The van der Waals surface area contributed by atoms with Gasteiger partial charge in [-0.05, 0) is 45.4 Å². The van der Waals surface area contributed by atoms with Gasteiger partial charge >= 0.3 is 5.97 Å². The van der Waals surface area contributed by atoms with E-state index in [-0.39, 0.29) is 23.9 Å². The SMILES string of the molecule is CC/C=C\C/C=C\C/C=C/CCCCCCCC(=O)N[C@H]1C(=O)O[C@@H](C)[C@@H]1C. The third-order valence-electron chi connectivity index (χ3n) is 5.19. The van der Waals surface area contributed by atoms with Gasteiger partial charge in [-0.25, -0.2) is 4.79 Å². The Morgan fingerprint density at radius 3 is 2.18 bits per heavy atom. The highest BCUT2D eigenvalue weighted by Gasteiger charge is 2.40. The van der Waals surface area contributed by atoms with Crippen molar-refractivity contribution in [2.45, 2.75) is 97.1 Å². The lowest BCUT2D eigenvalue weighted by Gasteiger charge is -2.14. The number of nitrogens with one attached hydrogen (secondary N) is 1. The molecule has 1 amide bonds. The van der Waals surface area contributed by atoms with Crippen molar-refractivity contribution in [1.29, 1.82) is 0 Å². The molecular weight excluding hydrogens is 350 g/mol. The number of ether oxygens (including phenoxy) is 1. The van der Waals surface area contributed by atoms with Gasteiger partial charge in [0.25, 0.3) is 0 Å². The first-order valence-corrected chi connectivity index (χ1v) is 11.0. The predicted octanol–water partition coefficient (Wildman–Crippen LogP) is 5.64. The van der Waals surface area contributed by atoms with Crippen LogP contribution in [0.4, 0.5) is 0 Å². The first kappa shape index (κ1) is 24.2. The van der Waals surface area contributed by atoms with Crippen LogP contribution in [-0.2, 0) is 14.3 Å². The molecule has 0 saturated carbocycles. The van der Waals surface area contributed by atoms with E-state index in [4.69, 9.17) is 4.74 Å². The van der Waals surface area contributed by atoms with E-state index in [9.17, 15) is 9.59 Å². The van der Waals surface area contributed by atoms with Gasteiger partial charge in [-0.1, -0.05) is 69.6 Å². The number of amides is 1. The Morgan fingerprint density at radius 1 is 0.929 bits per heavy atom. The van der Waals surface area contributed by atoms with Crippen LogP contribution in [0.3, 0.4) is 0 Å². The fraction of sp³-hybridized carbons (Fsp3) is 0.667. The van der Waals surface area contributed by atoms with Crippen LogP contribution in [0.2, 0.25) is 0 Å². The van der Waals surface area contributed by atoms with Crippen LogP contribution in [0.1, 0.15) is 85.0 Å². The summed E-state index contributed by atoms with van der Waals surface area (Å²) in [5.41, 5.74) is 0. The summed E-state index contributed by atoms with van der Waals surface area (Å²) in [5.74, 6) is -0.299. The summed E-state index contributed by atoms with van der Waals surface area (Å²) in [5, 5.41) is 2.83. The zero-order chi connectivity index (χ0) is 20.6. The van der Waals surface area contributed by atoms with Gasteiger partial charge in [0.1, 0.15) is 12.1 Å². The van der Waals surface area contributed by atoms with E-state index in [0.717, 1.165) is 44.9 Å². The zero-order valence-corrected chi connectivity index (χ0v) is 18.0. The monoisotopic (exact) mass is 389 g/mol. The summed E-state index contributed by atoms with van der Waals surface area (Å²) in [6.45, 7) is 5.96. The van der Waals surface area contributed by atoms with Crippen molar-refractivity contribution in [2.75, 3.05) is 0 Å². The molecule has 0 spiro atoms. The fourth-order valence-electron chi connectivity index (χ4n) is 3.19. The predicted molar refractivity (Wildman–Crippen MR) is 116 cm³/mol. The Balaban J connectivity index is 1.95. The van der Waals surface area contributed by atoms with Crippen molar-refractivity contribution >= 4 is 11.9 Å². The molecular formula is C24H39NO3. The van der Waals surface area contributed by atoms with Gasteiger partial charge < -0.3 is 10.1 Å². The molecule has 4 heteroatoms. The minimum absolute atomic E-state index is 0.0379. The average Bonchev–Trinajstić information content (AvgIpc) is 2.91. The summed E-state index contributed by atoms with van der Waals surface area (Å²) >= 11 is 0. The summed E-state index contributed by atoms with van der Waals surface area (Å²) in [6, 6.07) is -0.475. The smallest absolute Gasteiger partial charge is 0.329 e. The largest absolute Gasteiger partial charge is 0.461 e. The molecule has 1 N–H and O–H groups in total. The number of carbonyl (C=O) groups is 2. The van der Waals surface area contributed by atoms with Crippen LogP contribution in [-0.4, -0.2) is 24.0 Å². The van der Waals surface area contributed by atoms with Crippen molar-refractivity contribution < 1.29 is 14.3 Å². The first-order chi connectivity index (χ1) is 13.6. The second-order valence-corrected chi connectivity index (χ2v) is 7.65. The Hall–Kier alpha value is -1.84. The van der Waals surface area contributed by atoms with Crippen LogP contribution in [0.15, 0.2) is 36.5 Å². The maximum absolute atomic E-state index is 12.0. The van der Waals surface area contributed by atoms with Crippen molar-refractivity contribution in [3.05, 3.63) is 36.5 Å². The van der Waals surface area contributed by atoms with E-state index in [0.29, 0.717) is 6.42 Å². The van der Waals surface area contributed by atoms with E-state index >= 15 is 0 Å². The quantitative estimate of drug-likeness (QED) is 0.237. The van der Waals surface area contributed by atoms with E-state index in [1.807, 2.05) is 13.8 Å². The highest BCUT2D eigenvalue weighted by molar-refractivity contribution is 5.86. The molecule has 1 fully saturated rings. The third kappa shape index (κ3) is 10.5. The first-order valence-electron chi connectivity index (χ1n) is 11.0. The number of cyclic esters (lactones) is 1. The summed E-state index contributed by atoms with van der Waals surface area (Å²) in [7, 11) is 0. The number of unbranched alkanes of at least 4 members (excludes halogenated alkanes) is 5. The van der Waals surface area contributed by atoms with Gasteiger partial charge in [0.15, 0.2) is 0 Å². The molecule has 0 aliphatic carbocycles. The van der Waals surface area contributed by atoms with Gasteiger partial charge in [-0.15, -0.1) is 0 Å². The number of rotatable bonds is 14. The second-order valence-electron chi connectivity index (χ2n) is 7.65. The Morgan fingerprint density at radius 2 is 1.54 bits per heavy atom. The fourth-order valence-corrected chi connectivity index (χ4v) is 3.19. The highest BCUT2D eigenvalue weighted by Crippen LogP contribution is 2.21. The molecule has 0 aromatic rings. The van der Waals surface area contributed by atoms with Gasteiger partial charge in [0.05, 0.1) is 0 Å². The van der Waals surface area contributed by atoms with E-state index < -0.39 is 6.04 Å². The standard InChI is InChI=1S/C24H39NO3/c1-4-5-6-7-8-9-10-11-12-13-14-15-16-17-18-19-22(26)25-23-20(2)21(3)28-24(23)27/h5-6,8-9,11-12,20-21,23H,4,7,10,13-19H2,1-3H3,(H,25,26)/b6-5-,9-8-,12-11+/t20-,21-,23+/m0/s1. The van der Waals surface area contributed by atoms with Gasteiger partial charge in [0, 0.05) is 12.3 Å². The number of hydrogen-bond acceptors (Lipinski definition) is 3. The number of hydrogen-bond donors (Lipinski definition) is 1. The molecule has 28 heavy (non-hydrogen) atoms. The Labute approximate surface area is 171 Å². The maximum Gasteiger partial charge on any atom is 0.329 e. The van der Waals surface area contributed by atoms with E-state index in [1.54, 1.807) is 0 Å². The molecule has 1 saturated heterocycles. The van der Waals surface area contributed by atoms with Crippen LogP contribution < -0.4 is 5.32 Å². The van der Waals surface area contributed by atoms with E-state index in [2.05, 4.69) is 48.7 Å². The third-order valence-corrected chi connectivity index (χ3v) is 5.19. The van der Waals surface area contributed by atoms with Crippen LogP contribution in [0.5, 0.6) is 0 Å².